The molecule has 2 rings (SSSR count). The van der Waals surface area contributed by atoms with Gasteiger partial charge in [0.2, 0.25) is 0 Å². The number of ether oxygens (including phenoxy) is 5. The number of hydrogen-bond acceptors (Lipinski definition) is 8. The maximum absolute atomic E-state index is 12.8. The Morgan fingerprint density at radius 3 is 1.97 bits per heavy atom. The SMILES string of the molecule is COc1cc(OC)cc(C(=O)N[C@@H](C(=O)OCC(=O)Nc2ccc(OC)c(OC)c2)C(C)C)c1. The van der Waals surface area contributed by atoms with Crippen LogP contribution in [0.2, 0.25) is 0 Å². The molecule has 10 heteroatoms. The minimum Gasteiger partial charge on any atom is -0.497 e. The van der Waals surface area contributed by atoms with Crippen molar-refractivity contribution >= 4 is 23.5 Å². The van der Waals surface area contributed by atoms with E-state index >= 15 is 0 Å². The monoisotopic (exact) mass is 474 g/mol. The Morgan fingerprint density at radius 1 is 0.824 bits per heavy atom. The van der Waals surface area contributed by atoms with Crippen molar-refractivity contribution in [3.63, 3.8) is 0 Å². The first-order chi connectivity index (χ1) is 16.2. The Labute approximate surface area is 198 Å². The van der Waals surface area contributed by atoms with Gasteiger partial charge in [-0.15, -0.1) is 0 Å². The van der Waals surface area contributed by atoms with Crippen molar-refractivity contribution in [2.24, 2.45) is 5.92 Å². The number of rotatable bonds is 11. The Balaban J connectivity index is 2.01. The van der Waals surface area contributed by atoms with Gasteiger partial charge in [0.15, 0.2) is 18.1 Å². The average Bonchev–Trinajstić information content (AvgIpc) is 2.84. The van der Waals surface area contributed by atoms with E-state index in [2.05, 4.69) is 10.6 Å². The summed E-state index contributed by atoms with van der Waals surface area (Å²) >= 11 is 0. The normalized spacial score (nSPS) is 11.3. The summed E-state index contributed by atoms with van der Waals surface area (Å²) in [5.41, 5.74) is 0.695. The molecule has 0 saturated carbocycles. The number of esters is 1. The molecule has 2 aromatic carbocycles. The third-order valence-electron chi connectivity index (χ3n) is 4.83. The highest BCUT2D eigenvalue weighted by atomic mass is 16.5. The van der Waals surface area contributed by atoms with Crippen molar-refractivity contribution < 1.29 is 38.1 Å². The van der Waals surface area contributed by atoms with Crippen LogP contribution in [0.15, 0.2) is 36.4 Å². The Morgan fingerprint density at radius 2 is 1.44 bits per heavy atom. The Bertz CT molecular complexity index is 1000. The number of anilines is 1. The molecule has 0 aliphatic rings. The summed E-state index contributed by atoms with van der Waals surface area (Å²) in [6.07, 6.45) is 0. The van der Waals surface area contributed by atoms with Gasteiger partial charge in [-0.2, -0.15) is 0 Å². The lowest BCUT2D eigenvalue weighted by atomic mass is 10.0. The summed E-state index contributed by atoms with van der Waals surface area (Å²) in [4.78, 5) is 37.7. The van der Waals surface area contributed by atoms with Crippen molar-refractivity contribution in [3.05, 3.63) is 42.0 Å². The summed E-state index contributed by atoms with van der Waals surface area (Å²) in [6, 6.07) is 8.55. The van der Waals surface area contributed by atoms with Gasteiger partial charge in [0, 0.05) is 23.4 Å². The molecule has 2 N–H and O–H groups in total. The number of methoxy groups -OCH3 is 4. The first-order valence-corrected chi connectivity index (χ1v) is 10.4. The van der Waals surface area contributed by atoms with Crippen molar-refractivity contribution in [2.45, 2.75) is 19.9 Å². The van der Waals surface area contributed by atoms with E-state index < -0.39 is 30.4 Å². The van der Waals surface area contributed by atoms with Crippen LogP contribution in [0.4, 0.5) is 5.69 Å². The smallest absolute Gasteiger partial charge is 0.329 e. The van der Waals surface area contributed by atoms with Gasteiger partial charge in [-0.1, -0.05) is 13.8 Å². The topological polar surface area (TPSA) is 121 Å². The lowest BCUT2D eigenvalue weighted by molar-refractivity contribution is -0.150. The van der Waals surface area contributed by atoms with Crippen LogP contribution in [-0.2, 0) is 14.3 Å². The van der Waals surface area contributed by atoms with Crippen molar-refractivity contribution in [2.75, 3.05) is 40.4 Å². The van der Waals surface area contributed by atoms with Crippen molar-refractivity contribution in [1.29, 1.82) is 0 Å². The molecule has 10 nitrogen and oxygen atoms in total. The number of nitrogens with one attached hydrogen (secondary N) is 2. The summed E-state index contributed by atoms with van der Waals surface area (Å²) in [5.74, 6) is -0.279. The Hall–Kier alpha value is -3.95. The molecule has 0 radical (unpaired) electrons. The maximum atomic E-state index is 12.8. The molecule has 1 atom stereocenters. The van der Waals surface area contributed by atoms with E-state index in [-0.39, 0.29) is 11.5 Å². The van der Waals surface area contributed by atoms with Gasteiger partial charge in [0.1, 0.15) is 17.5 Å². The average molecular weight is 475 g/mol. The van der Waals surface area contributed by atoms with Gasteiger partial charge in [-0.05, 0) is 30.2 Å². The van der Waals surface area contributed by atoms with Crippen LogP contribution in [0.1, 0.15) is 24.2 Å². The number of carbonyl (C=O) groups is 3. The highest BCUT2D eigenvalue weighted by Crippen LogP contribution is 2.29. The first kappa shape index (κ1) is 26.3. The molecule has 0 unspecified atom stereocenters. The highest BCUT2D eigenvalue weighted by Gasteiger charge is 2.27. The van der Waals surface area contributed by atoms with Crippen LogP contribution >= 0.6 is 0 Å². The van der Waals surface area contributed by atoms with Crippen LogP contribution < -0.4 is 29.6 Å². The molecule has 184 valence electrons. The van der Waals surface area contributed by atoms with E-state index in [1.165, 1.54) is 40.6 Å². The predicted octanol–water partition coefficient (Wildman–Crippen LogP) is 2.66. The lowest BCUT2D eigenvalue weighted by Crippen LogP contribution is -2.46. The third-order valence-corrected chi connectivity index (χ3v) is 4.83. The number of benzene rings is 2. The summed E-state index contributed by atoms with van der Waals surface area (Å²) in [6.45, 7) is 2.98. The predicted molar refractivity (Wildman–Crippen MR) is 125 cm³/mol. The zero-order chi connectivity index (χ0) is 25.3. The third kappa shape index (κ3) is 7.03. The molecular weight excluding hydrogens is 444 g/mol. The largest absolute Gasteiger partial charge is 0.497 e. The second-order valence-electron chi connectivity index (χ2n) is 7.52. The van der Waals surface area contributed by atoms with E-state index in [9.17, 15) is 14.4 Å². The molecule has 34 heavy (non-hydrogen) atoms. The fraction of sp³-hybridized carbons (Fsp3) is 0.375. The van der Waals surface area contributed by atoms with Gasteiger partial charge >= 0.3 is 5.97 Å². The van der Waals surface area contributed by atoms with Crippen LogP contribution in [-0.4, -0.2) is 58.9 Å². The van der Waals surface area contributed by atoms with E-state index in [1.807, 2.05) is 0 Å². The minimum absolute atomic E-state index is 0.251. The van der Waals surface area contributed by atoms with E-state index in [0.717, 1.165) is 0 Å². The molecule has 0 bridgehead atoms. The molecule has 2 amide bonds. The summed E-state index contributed by atoms with van der Waals surface area (Å²) in [7, 11) is 5.92. The number of carbonyl (C=O) groups excluding carboxylic acids is 3. The van der Waals surface area contributed by atoms with Gasteiger partial charge in [-0.3, -0.25) is 9.59 Å². The zero-order valence-corrected chi connectivity index (χ0v) is 20.1. The quantitative estimate of drug-likeness (QED) is 0.477. The van der Waals surface area contributed by atoms with E-state index in [1.54, 1.807) is 38.1 Å². The number of hydrogen-bond donors (Lipinski definition) is 2. The first-order valence-electron chi connectivity index (χ1n) is 10.4. The van der Waals surface area contributed by atoms with Gasteiger partial charge < -0.3 is 34.3 Å². The Kier molecular flexibility index (Phi) is 9.54. The standard InChI is InChI=1S/C24H30N2O8/c1-14(2)22(26-23(28)15-9-17(30-3)12-18(10-15)31-4)24(29)34-13-21(27)25-16-7-8-19(32-5)20(11-16)33-6/h7-12,14,22H,13H2,1-6H3,(H,25,27)(H,26,28)/t22-/m1/s1. The molecule has 0 aromatic heterocycles. The number of amides is 2. The maximum Gasteiger partial charge on any atom is 0.329 e. The molecule has 2 aromatic rings. The second-order valence-corrected chi connectivity index (χ2v) is 7.52. The van der Waals surface area contributed by atoms with Crippen molar-refractivity contribution in [1.82, 2.24) is 5.32 Å². The van der Waals surface area contributed by atoms with Crippen LogP contribution in [0.3, 0.4) is 0 Å². The van der Waals surface area contributed by atoms with Gasteiger partial charge in [0.25, 0.3) is 11.8 Å². The fourth-order valence-corrected chi connectivity index (χ4v) is 3.00. The molecule has 0 aliphatic heterocycles. The van der Waals surface area contributed by atoms with Crippen molar-refractivity contribution in [3.8, 4) is 23.0 Å². The van der Waals surface area contributed by atoms with Crippen LogP contribution in [0.25, 0.3) is 0 Å². The van der Waals surface area contributed by atoms with Crippen LogP contribution in [0, 0.1) is 5.92 Å². The van der Waals surface area contributed by atoms with E-state index in [0.29, 0.717) is 28.7 Å². The summed E-state index contributed by atoms with van der Waals surface area (Å²) in [5, 5.41) is 5.27. The molecule has 0 saturated heterocycles. The second kappa shape index (κ2) is 12.3. The fourth-order valence-electron chi connectivity index (χ4n) is 3.00. The van der Waals surface area contributed by atoms with Crippen LogP contribution in [0.5, 0.6) is 23.0 Å². The molecule has 0 spiro atoms. The highest BCUT2D eigenvalue weighted by molar-refractivity contribution is 5.98. The molecule has 0 heterocycles. The van der Waals surface area contributed by atoms with E-state index in [4.69, 9.17) is 23.7 Å². The van der Waals surface area contributed by atoms with Gasteiger partial charge in [-0.25, -0.2) is 4.79 Å². The summed E-state index contributed by atoms with van der Waals surface area (Å²) < 4.78 is 25.9. The zero-order valence-electron chi connectivity index (χ0n) is 20.1. The van der Waals surface area contributed by atoms with Gasteiger partial charge in [0.05, 0.1) is 28.4 Å². The molecule has 0 fully saturated rings. The lowest BCUT2D eigenvalue weighted by Gasteiger charge is -2.21. The molecule has 0 aliphatic carbocycles. The molecular formula is C24H30N2O8. The minimum atomic E-state index is -0.974.